The lowest BCUT2D eigenvalue weighted by atomic mass is 10.1. The van der Waals surface area contributed by atoms with Gasteiger partial charge in [0.05, 0.1) is 12.8 Å². The van der Waals surface area contributed by atoms with Gasteiger partial charge < -0.3 is 9.73 Å². The Kier molecular flexibility index (Phi) is 4.61. The Hall–Kier alpha value is -1.06. The van der Waals surface area contributed by atoms with Gasteiger partial charge in [0.25, 0.3) is 0 Å². The molecule has 1 aromatic rings. The van der Waals surface area contributed by atoms with Crippen LogP contribution in [0.4, 0.5) is 0 Å². The van der Waals surface area contributed by atoms with Gasteiger partial charge in [0, 0.05) is 31.2 Å². The molecule has 1 aliphatic rings. The molecule has 3 heteroatoms. The van der Waals surface area contributed by atoms with E-state index in [9.17, 15) is 0 Å². The van der Waals surface area contributed by atoms with Crippen molar-refractivity contribution in [1.29, 1.82) is 0 Å². The second kappa shape index (κ2) is 6.21. The van der Waals surface area contributed by atoms with Crippen LogP contribution in [0.1, 0.15) is 38.5 Å². The summed E-state index contributed by atoms with van der Waals surface area (Å²) in [6, 6.07) is 2.59. The molecule has 0 saturated carbocycles. The van der Waals surface area contributed by atoms with Crippen LogP contribution in [0.5, 0.6) is 0 Å². The van der Waals surface area contributed by atoms with Crippen molar-refractivity contribution in [2.45, 2.75) is 46.3 Å². The van der Waals surface area contributed by atoms with Crippen LogP contribution in [0.2, 0.25) is 0 Å². The van der Waals surface area contributed by atoms with Crippen LogP contribution in [0.3, 0.4) is 0 Å². The molecule has 0 unspecified atom stereocenters. The Labute approximate surface area is 110 Å². The predicted octanol–water partition coefficient (Wildman–Crippen LogP) is 2.93. The second-order valence-electron chi connectivity index (χ2n) is 5.44. The fourth-order valence-electron chi connectivity index (χ4n) is 2.14. The van der Waals surface area contributed by atoms with Crippen LogP contribution >= 0.6 is 0 Å². The predicted molar refractivity (Wildman–Crippen MR) is 74.3 cm³/mol. The van der Waals surface area contributed by atoms with Crippen molar-refractivity contribution in [3.05, 3.63) is 35.3 Å². The highest BCUT2D eigenvalue weighted by atomic mass is 16.3. The minimum Gasteiger partial charge on any atom is -0.468 e. The van der Waals surface area contributed by atoms with E-state index in [1.54, 1.807) is 6.26 Å². The molecule has 0 radical (unpaired) electrons. The summed E-state index contributed by atoms with van der Waals surface area (Å²) in [5.41, 5.74) is 2.79. The summed E-state index contributed by atoms with van der Waals surface area (Å²) in [4.78, 5) is 2.44. The lowest BCUT2D eigenvalue weighted by Gasteiger charge is -2.24. The van der Waals surface area contributed by atoms with Crippen molar-refractivity contribution >= 4 is 0 Å². The molecule has 0 bridgehead atoms. The van der Waals surface area contributed by atoms with E-state index < -0.39 is 0 Å². The van der Waals surface area contributed by atoms with Gasteiger partial charge >= 0.3 is 0 Å². The molecule has 100 valence electrons. The van der Waals surface area contributed by atoms with E-state index in [1.165, 1.54) is 17.6 Å². The Morgan fingerprint density at radius 2 is 2.28 bits per heavy atom. The summed E-state index contributed by atoms with van der Waals surface area (Å²) in [7, 11) is 0. The van der Waals surface area contributed by atoms with Crippen molar-refractivity contribution in [1.82, 2.24) is 10.2 Å². The zero-order valence-electron chi connectivity index (χ0n) is 11.7. The van der Waals surface area contributed by atoms with Crippen molar-refractivity contribution in [2.75, 3.05) is 13.1 Å². The third-order valence-electron chi connectivity index (χ3n) is 3.43. The molecule has 0 fully saturated rings. The standard InChI is InChI=1S/C15H24N2O/c1-12(2)16-10-14-6-9-18-15(14)11-17-7-4-13(3)5-8-17/h4,6,9,12,16H,5,7-8,10-11H2,1-3H3. The van der Waals surface area contributed by atoms with E-state index in [0.717, 1.165) is 31.9 Å². The van der Waals surface area contributed by atoms with E-state index in [-0.39, 0.29) is 0 Å². The van der Waals surface area contributed by atoms with Gasteiger partial charge in [0.2, 0.25) is 0 Å². The van der Waals surface area contributed by atoms with Crippen molar-refractivity contribution < 1.29 is 4.42 Å². The van der Waals surface area contributed by atoms with Gasteiger partial charge in [-0.2, -0.15) is 0 Å². The molecule has 1 N–H and O–H groups in total. The van der Waals surface area contributed by atoms with Crippen LogP contribution in [0.15, 0.2) is 28.4 Å². The molecule has 0 aromatic carbocycles. The molecule has 18 heavy (non-hydrogen) atoms. The molecule has 0 amide bonds. The largest absolute Gasteiger partial charge is 0.468 e. The molecular weight excluding hydrogens is 224 g/mol. The zero-order chi connectivity index (χ0) is 13.0. The van der Waals surface area contributed by atoms with Crippen LogP contribution in [0.25, 0.3) is 0 Å². The van der Waals surface area contributed by atoms with Gasteiger partial charge in [-0.25, -0.2) is 0 Å². The maximum absolute atomic E-state index is 5.62. The summed E-state index contributed by atoms with van der Waals surface area (Å²) in [6.45, 7) is 10.5. The third-order valence-corrected chi connectivity index (χ3v) is 3.43. The summed E-state index contributed by atoms with van der Waals surface area (Å²) < 4.78 is 5.62. The Balaban J connectivity index is 1.91. The first-order valence-electron chi connectivity index (χ1n) is 6.82. The summed E-state index contributed by atoms with van der Waals surface area (Å²) in [5.74, 6) is 1.11. The highest BCUT2D eigenvalue weighted by Crippen LogP contribution is 2.17. The molecular formula is C15H24N2O. The molecule has 0 aliphatic carbocycles. The normalized spacial score (nSPS) is 17.2. The minimum atomic E-state index is 0.508. The van der Waals surface area contributed by atoms with Crippen molar-refractivity contribution in [2.24, 2.45) is 0 Å². The summed E-state index contributed by atoms with van der Waals surface area (Å²) in [5, 5.41) is 3.44. The van der Waals surface area contributed by atoms with E-state index >= 15 is 0 Å². The monoisotopic (exact) mass is 248 g/mol. The number of hydrogen-bond acceptors (Lipinski definition) is 3. The zero-order valence-corrected chi connectivity index (χ0v) is 11.7. The minimum absolute atomic E-state index is 0.508. The summed E-state index contributed by atoms with van der Waals surface area (Å²) in [6.07, 6.45) is 5.30. The van der Waals surface area contributed by atoms with Gasteiger partial charge in [-0.1, -0.05) is 25.5 Å². The molecule has 2 heterocycles. The number of furan rings is 1. The maximum Gasteiger partial charge on any atom is 0.122 e. The van der Waals surface area contributed by atoms with E-state index in [4.69, 9.17) is 4.42 Å². The number of nitrogens with zero attached hydrogens (tertiary/aromatic N) is 1. The number of hydrogen-bond donors (Lipinski definition) is 1. The quantitative estimate of drug-likeness (QED) is 0.812. The van der Waals surface area contributed by atoms with Gasteiger partial charge in [-0.15, -0.1) is 0 Å². The summed E-state index contributed by atoms with van der Waals surface area (Å²) >= 11 is 0. The smallest absolute Gasteiger partial charge is 0.122 e. The SMILES string of the molecule is CC1=CCN(Cc2occc2CNC(C)C)CC1. The number of rotatable bonds is 5. The molecule has 3 nitrogen and oxygen atoms in total. The van der Waals surface area contributed by atoms with Crippen LogP contribution in [-0.2, 0) is 13.1 Å². The molecule has 1 aromatic heterocycles. The highest BCUT2D eigenvalue weighted by molar-refractivity contribution is 5.17. The first-order valence-corrected chi connectivity index (χ1v) is 6.82. The van der Waals surface area contributed by atoms with Crippen molar-refractivity contribution in [3.63, 3.8) is 0 Å². The third kappa shape index (κ3) is 3.72. The average molecular weight is 248 g/mol. The van der Waals surface area contributed by atoms with E-state index in [2.05, 4.69) is 43.1 Å². The molecule has 0 spiro atoms. The topological polar surface area (TPSA) is 28.4 Å². The van der Waals surface area contributed by atoms with Gasteiger partial charge in [0.1, 0.15) is 5.76 Å². The van der Waals surface area contributed by atoms with Crippen LogP contribution in [-0.4, -0.2) is 24.0 Å². The van der Waals surface area contributed by atoms with E-state index in [0.29, 0.717) is 6.04 Å². The number of nitrogens with one attached hydrogen (secondary N) is 1. The van der Waals surface area contributed by atoms with Gasteiger partial charge in [-0.3, -0.25) is 4.90 Å². The first-order chi connectivity index (χ1) is 8.65. The van der Waals surface area contributed by atoms with Gasteiger partial charge in [0.15, 0.2) is 0 Å². The Morgan fingerprint density at radius 3 is 2.94 bits per heavy atom. The Morgan fingerprint density at radius 1 is 1.44 bits per heavy atom. The fourth-order valence-corrected chi connectivity index (χ4v) is 2.14. The Bertz CT molecular complexity index is 406. The molecule has 1 aliphatic heterocycles. The van der Waals surface area contributed by atoms with Crippen LogP contribution < -0.4 is 5.32 Å². The fraction of sp³-hybridized carbons (Fsp3) is 0.600. The second-order valence-corrected chi connectivity index (χ2v) is 5.44. The highest BCUT2D eigenvalue weighted by Gasteiger charge is 2.14. The first kappa shape index (κ1) is 13.4. The maximum atomic E-state index is 5.62. The molecule has 0 saturated heterocycles. The molecule has 0 atom stereocenters. The van der Waals surface area contributed by atoms with E-state index in [1.807, 2.05) is 0 Å². The lowest BCUT2D eigenvalue weighted by Crippen LogP contribution is -2.28. The van der Waals surface area contributed by atoms with Gasteiger partial charge in [-0.05, 0) is 19.4 Å². The van der Waals surface area contributed by atoms with Crippen molar-refractivity contribution in [3.8, 4) is 0 Å². The lowest BCUT2D eigenvalue weighted by molar-refractivity contribution is 0.259. The molecule has 2 rings (SSSR count). The average Bonchev–Trinajstić information content (AvgIpc) is 2.77. The van der Waals surface area contributed by atoms with Crippen LogP contribution in [0, 0.1) is 0 Å².